The van der Waals surface area contributed by atoms with Crippen LogP contribution < -0.4 is 10.5 Å². The summed E-state index contributed by atoms with van der Waals surface area (Å²) in [6.07, 6.45) is -5.14. The van der Waals surface area contributed by atoms with Crippen LogP contribution in [0.25, 0.3) is 0 Å². The van der Waals surface area contributed by atoms with Crippen LogP contribution in [0.4, 0.5) is 13.2 Å². The highest BCUT2D eigenvalue weighted by atomic mass is 19.4. The van der Waals surface area contributed by atoms with Crippen molar-refractivity contribution in [2.24, 2.45) is 5.73 Å². The third-order valence-electron chi connectivity index (χ3n) is 2.36. The Balaban J connectivity index is 3.30. The van der Waals surface area contributed by atoms with Crippen molar-refractivity contribution in [3.05, 3.63) is 29.3 Å². The molecule has 0 fully saturated rings. The maximum Gasteiger partial charge on any atom is 0.491 e. The Hall–Kier alpha value is -2.05. The first-order chi connectivity index (χ1) is 8.64. The molecule has 0 radical (unpaired) electrons. The minimum atomic E-state index is -5.14. The lowest BCUT2D eigenvalue weighted by atomic mass is 9.99. The lowest BCUT2D eigenvalue weighted by molar-refractivity contribution is -0.189. The molecule has 0 aliphatic rings. The quantitative estimate of drug-likeness (QED) is 0.680. The monoisotopic (exact) mass is 275 g/mol. The second-order valence-electron chi connectivity index (χ2n) is 4.13. The zero-order chi connectivity index (χ0) is 14.8. The van der Waals surface area contributed by atoms with E-state index in [1.165, 1.54) is 18.2 Å². The molecule has 0 bridgehead atoms. The molecule has 2 N–H and O–H groups in total. The van der Waals surface area contributed by atoms with Gasteiger partial charge in [-0.05, 0) is 17.5 Å². The number of hydrogen-bond donors (Lipinski definition) is 1. The number of esters is 1. The maximum atomic E-state index is 12.2. The van der Waals surface area contributed by atoms with Crippen LogP contribution in [0.3, 0.4) is 0 Å². The van der Waals surface area contributed by atoms with Gasteiger partial charge in [-0.3, -0.25) is 4.79 Å². The van der Waals surface area contributed by atoms with Gasteiger partial charge in [0.25, 0.3) is 5.91 Å². The summed E-state index contributed by atoms with van der Waals surface area (Å²) in [7, 11) is 0. The number of halogens is 3. The van der Waals surface area contributed by atoms with E-state index in [0.717, 1.165) is 0 Å². The first-order valence-electron chi connectivity index (χ1n) is 5.36. The third kappa shape index (κ3) is 3.46. The van der Waals surface area contributed by atoms with Gasteiger partial charge in [0, 0.05) is 0 Å². The fourth-order valence-electron chi connectivity index (χ4n) is 1.47. The number of amides is 1. The SMILES string of the molecule is CC(C)c1cccc(C(N)=O)c1OC(=O)C(F)(F)F. The number of primary amides is 1. The maximum absolute atomic E-state index is 12.2. The van der Waals surface area contributed by atoms with E-state index in [4.69, 9.17) is 5.73 Å². The Bertz CT molecular complexity index is 509. The van der Waals surface area contributed by atoms with Crippen molar-refractivity contribution in [3.8, 4) is 5.75 Å². The van der Waals surface area contributed by atoms with Gasteiger partial charge in [0.05, 0.1) is 5.56 Å². The highest BCUT2D eigenvalue weighted by molar-refractivity contribution is 5.97. The summed E-state index contributed by atoms with van der Waals surface area (Å²) < 4.78 is 40.9. The van der Waals surface area contributed by atoms with Crippen LogP contribution in [0.5, 0.6) is 5.75 Å². The van der Waals surface area contributed by atoms with E-state index in [-0.39, 0.29) is 11.5 Å². The van der Waals surface area contributed by atoms with Crippen molar-refractivity contribution in [1.82, 2.24) is 0 Å². The van der Waals surface area contributed by atoms with E-state index >= 15 is 0 Å². The van der Waals surface area contributed by atoms with Crippen LogP contribution in [0, 0.1) is 0 Å². The van der Waals surface area contributed by atoms with Gasteiger partial charge in [0.15, 0.2) is 0 Å². The molecule has 0 aromatic heterocycles. The molecule has 104 valence electrons. The summed E-state index contributed by atoms with van der Waals surface area (Å²) >= 11 is 0. The van der Waals surface area contributed by atoms with Crippen LogP contribution in [0.2, 0.25) is 0 Å². The fraction of sp³-hybridized carbons (Fsp3) is 0.333. The number of alkyl halides is 3. The van der Waals surface area contributed by atoms with Crippen molar-refractivity contribution < 1.29 is 27.5 Å². The Kier molecular flexibility index (Phi) is 4.18. The lowest BCUT2D eigenvalue weighted by Crippen LogP contribution is -2.29. The lowest BCUT2D eigenvalue weighted by Gasteiger charge is -2.16. The predicted octanol–water partition coefficient (Wildman–Crippen LogP) is 2.38. The topological polar surface area (TPSA) is 69.4 Å². The molecule has 0 saturated heterocycles. The molecule has 0 aliphatic heterocycles. The Morgan fingerprint density at radius 3 is 2.26 bits per heavy atom. The van der Waals surface area contributed by atoms with Crippen molar-refractivity contribution in [2.75, 3.05) is 0 Å². The normalized spacial score (nSPS) is 11.5. The molecule has 0 saturated carbocycles. The van der Waals surface area contributed by atoms with Gasteiger partial charge in [-0.1, -0.05) is 26.0 Å². The summed E-state index contributed by atoms with van der Waals surface area (Å²) in [4.78, 5) is 22.1. The molecular weight excluding hydrogens is 263 g/mol. The van der Waals surface area contributed by atoms with E-state index in [1.54, 1.807) is 13.8 Å². The summed E-state index contributed by atoms with van der Waals surface area (Å²) in [5, 5.41) is 0. The first kappa shape index (κ1) is 15.0. The highest BCUT2D eigenvalue weighted by Gasteiger charge is 2.42. The molecule has 0 aliphatic carbocycles. The smallest absolute Gasteiger partial charge is 0.419 e. The van der Waals surface area contributed by atoms with Gasteiger partial charge in [-0.2, -0.15) is 13.2 Å². The van der Waals surface area contributed by atoms with E-state index in [2.05, 4.69) is 4.74 Å². The Labute approximate surface area is 107 Å². The second-order valence-corrected chi connectivity index (χ2v) is 4.13. The molecule has 0 spiro atoms. The van der Waals surface area contributed by atoms with Crippen LogP contribution in [-0.2, 0) is 4.79 Å². The van der Waals surface area contributed by atoms with Gasteiger partial charge in [0.1, 0.15) is 5.75 Å². The van der Waals surface area contributed by atoms with E-state index in [9.17, 15) is 22.8 Å². The summed E-state index contributed by atoms with van der Waals surface area (Å²) in [5.41, 5.74) is 5.10. The molecule has 1 aromatic rings. The highest BCUT2D eigenvalue weighted by Crippen LogP contribution is 2.31. The predicted molar refractivity (Wildman–Crippen MR) is 60.7 cm³/mol. The van der Waals surface area contributed by atoms with Gasteiger partial charge >= 0.3 is 12.1 Å². The van der Waals surface area contributed by atoms with Crippen molar-refractivity contribution >= 4 is 11.9 Å². The summed E-state index contributed by atoms with van der Waals surface area (Å²) in [5.74, 6) is -4.03. The first-order valence-corrected chi connectivity index (χ1v) is 5.36. The summed E-state index contributed by atoms with van der Waals surface area (Å²) in [6, 6.07) is 4.13. The number of nitrogens with two attached hydrogens (primary N) is 1. The van der Waals surface area contributed by atoms with Gasteiger partial charge in [0.2, 0.25) is 0 Å². The molecule has 0 atom stereocenters. The molecular formula is C12H12F3NO3. The number of benzene rings is 1. The molecule has 1 aromatic carbocycles. The molecule has 7 heteroatoms. The Morgan fingerprint density at radius 2 is 1.84 bits per heavy atom. The average molecular weight is 275 g/mol. The molecule has 0 heterocycles. The largest absolute Gasteiger partial charge is 0.491 e. The minimum Gasteiger partial charge on any atom is -0.419 e. The number of carbonyl (C=O) groups excluding carboxylic acids is 2. The molecule has 19 heavy (non-hydrogen) atoms. The minimum absolute atomic E-state index is 0.240. The molecule has 0 unspecified atom stereocenters. The van der Waals surface area contributed by atoms with Crippen LogP contribution in [0.15, 0.2) is 18.2 Å². The van der Waals surface area contributed by atoms with Crippen molar-refractivity contribution in [2.45, 2.75) is 25.9 Å². The number of carbonyl (C=O) groups is 2. The molecule has 1 rings (SSSR count). The van der Waals surface area contributed by atoms with Crippen LogP contribution >= 0.6 is 0 Å². The Morgan fingerprint density at radius 1 is 1.26 bits per heavy atom. The van der Waals surface area contributed by atoms with Gasteiger partial charge in [-0.25, -0.2) is 4.79 Å². The van der Waals surface area contributed by atoms with E-state index < -0.39 is 23.8 Å². The van der Waals surface area contributed by atoms with Crippen molar-refractivity contribution in [1.29, 1.82) is 0 Å². The molecule has 4 nitrogen and oxygen atoms in total. The number of para-hydroxylation sites is 1. The number of ether oxygens (including phenoxy) is 1. The van der Waals surface area contributed by atoms with E-state index in [1.807, 2.05) is 0 Å². The van der Waals surface area contributed by atoms with Crippen LogP contribution in [0.1, 0.15) is 35.7 Å². The standard InChI is InChI=1S/C12H12F3NO3/c1-6(2)7-4-3-5-8(10(16)17)9(7)19-11(18)12(13,14)15/h3-6H,1-2H3,(H2,16,17). The summed E-state index contributed by atoms with van der Waals surface area (Å²) in [6.45, 7) is 3.37. The molecule has 1 amide bonds. The second kappa shape index (κ2) is 5.29. The van der Waals surface area contributed by atoms with Gasteiger partial charge < -0.3 is 10.5 Å². The zero-order valence-electron chi connectivity index (χ0n) is 10.2. The third-order valence-corrected chi connectivity index (χ3v) is 2.36. The zero-order valence-corrected chi connectivity index (χ0v) is 10.2. The fourth-order valence-corrected chi connectivity index (χ4v) is 1.47. The van der Waals surface area contributed by atoms with Crippen LogP contribution in [-0.4, -0.2) is 18.1 Å². The average Bonchev–Trinajstić information content (AvgIpc) is 2.27. The van der Waals surface area contributed by atoms with Gasteiger partial charge in [-0.15, -0.1) is 0 Å². The van der Waals surface area contributed by atoms with Crippen molar-refractivity contribution in [3.63, 3.8) is 0 Å². The van der Waals surface area contributed by atoms with E-state index in [0.29, 0.717) is 5.56 Å². The number of hydrogen-bond acceptors (Lipinski definition) is 3. The number of rotatable bonds is 3.